The topological polar surface area (TPSA) is 27.0 Å². The third-order valence-corrected chi connectivity index (χ3v) is 4.21. The van der Waals surface area contributed by atoms with Crippen molar-refractivity contribution < 1.29 is 0 Å². The molecule has 1 fully saturated rings. The molecule has 0 saturated carbocycles. The van der Waals surface area contributed by atoms with E-state index in [2.05, 4.69) is 46.8 Å². The molecule has 1 aliphatic rings. The van der Waals surface area contributed by atoms with E-state index in [0.717, 1.165) is 28.2 Å². The summed E-state index contributed by atoms with van der Waals surface area (Å²) in [6, 6.07) is 8.80. The maximum atomic E-state index is 9.26. The lowest BCUT2D eigenvalue weighted by atomic mass is 9.92. The Labute approximate surface area is 111 Å². The van der Waals surface area contributed by atoms with Crippen molar-refractivity contribution in [3.8, 4) is 6.07 Å². The van der Waals surface area contributed by atoms with Gasteiger partial charge in [0, 0.05) is 17.1 Å². The summed E-state index contributed by atoms with van der Waals surface area (Å²) in [6.07, 6.45) is 2.42. The van der Waals surface area contributed by atoms with E-state index in [4.69, 9.17) is 0 Å². The fraction of sp³-hybridized carbons (Fsp3) is 0.500. The van der Waals surface area contributed by atoms with Gasteiger partial charge in [0.2, 0.25) is 0 Å². The average Bonchev–Trinajstić information content (AvgIpc) is 2.29. The van der Waals surface area contributed by atoms with Crippen LogP contribution in [0.25, 0.3) is 0 Å². The molecule has 1 aromatic rings. The van der Waals surface area contributed by atoms with E-state index >= 15 is 0 Å². The average molecular weight is 293 g/mol. The third kappa shape index (κ3) is 2.47. The summed E-state index contributed by atoms with van der Waals surface area (Å²) >= 11 is 3.46. The normalized spacial score (nSPS) is 24.5. The van der Waals surface area contributed by atoms with E-state index in [9.17, 15) is 5.26 Å². The van der Waals surface area contributed by atoms with Gasteiger partial charge in [0.15, 0.2) is 0 Å². The zero-order chi connectivity index (χ0) is 12.4. The lowest BCUT2D eigenvalue weighted by molar-refractivity contribution is 0.378. The number of hydrogen-bond acceptors (Lipinski definition) is 2. The van der Waals surface area contributed by atoms with Crippen molar-refractivity contribution >= 4 is 21.6 Å². The fourth-order valence-electron chi connectivity index (χ4n) is 2.63. The summed E-state index contributed by atoms with van der Waals surface area (Å²) in [7, 11) is 0. The second-order valence-corrected chi connectivity index (χ2v) is 5.77. The number of halogens is 1. The number of piperidine rings is 1. The fourth-order valence-corrected chi connectivity index (χ4v) is 3.07. The van der Waals surface area contributed by atoms with Crippen molar-refractivity contribution in [2.45, 2.75) is 32.7 Å². The molecule has 2 unspecified atom stereocenters. The van der Waals surface area contributed by atoms with Crippen LogP contribution < -0.4 is 4.90 Å². The second kappa shape index (κ2) is 5.10. The van der Waals surface area contributed by atoms with Crippen LogP contribution in [0.1, 0.15) is 32.3 Å². The Morgan fingerprint density at radius 2 is 2.18 bits per heavy atom. The van der Waals surface area contributed by atoms with Crippen LogP contribution in [0.3, 0.4) is 0 Å². The quantitative estimate of drug-likeness (QED) is 0.784. The van der Waals surface area contributed by atoms with E-state index in [-0.39, 0.29) is 0 Å². The maximum Gasteiger partial charge on any atom is 0.103 e. The van der Waals surface area contributed by atoms with Crippen molar-refractivity contribution in [1.82, 2.24) is 0 Å². The Kier molecular flexibility index (Phi) is 3.73. The Balaban J connectivity index is 2.35. The third-order valence-electron chi connectivity index (χ3n) is 3.55. The first-order valence-corrected chi connectivity index (χ1v) is 6.88. The van der Waals surface area contributed by atoms with Gasteiger partial charge in [-0.3, -0.25) is 0 Å². The van der Waals surface area contributed by atoms with Gasteiger partial charge in [0.05, 0.1) is 11.3 Å². The molecule has 1 heterocycles. The number of benzene rings is 1. The van der Waals surface area contributed by atoms with Gasteiger partial charge in [-0.2, -0.15) is 5.26 Å². The zero-order valence-corrected chi connectivity index (χ0v) is 11.9. The molecular weight excluding hydrogens is 276 g/mol. The van der Waals surface area contributed by atoms with Crippen LogP contribution >= 0.6 is 15.9 Å². The highest BCUT2D eigenvalue weighted by Gasteiger charge is 2.25. The van der Waals surface area contributed by atoms with E-state index in [1.54, 1.807) is 0 Å². The first-order valence-electron chi connectivity index (χ1n) is 6.08. The molecule has 90 valence electrons. The second-order valence-electron chi connectivity index (χ2n) is 4.92. The molecule has 0 aliphatic carbocycles. The lowest BCUT2D eigenvalue weighted by Gasteiger charge is -2.38. The van der Waals surface area contributed by atoms with Crippen LogP contribution in [0.2, 0.25) is 0 Å². The monoisotopic (exact) mass is 292 g/mol. The Bertz CT molecular complexity index is 450. The van der Waals surface area contributed by atoms with E-state index < -0.39 is 0 Å². The summed E-state index contributed by atoms with van der Waals surface area (Å²) < 4.78 is 0.892. The predicted octanol–water partition coefficient (Wildman–Crippen LogP) is 3.95. The summed E-state index contributed by atoms with van der Waals surface area (Å²) in [5, 5.41) is 9.26. The van der Waals surface area contributed by atoms with Gasteiger partial charge in [-0.1, -0.05) is 13.0 Å². The van der Waals surface area contributed by atoms with E-state index in [1.807, 2.05) is 12.1 Å². The highest BCUT2D eigenvalue weighted by atomic mass is 79.9. The SMILES string of the molecule is CC1CCN(c2cccc(Br)c2C#N)C(C)C1. The van der Waals surface area contributed by atoms with Gasteiger partial charge >= 0.3 is 0 Å². The van der Waals surface area contributed by atoms with Gasteiger partial charge < -0.3 is 4.90 Å². The van der Waals surface area contributed by atoms with Crippen molar-refractivity contribution in [2.75, 3.05) is 11.4 Å². The molecule has 1 saturated heterocycles. The molecule has 2 rings (SSSR count). The minimum Gasteiger partial charge on any atom is -0.368 e. The molecule has 0 spiro atoms. The standard InChI is InChI=1S/C14H17BrN2/c1-10-6-7-17(11(2)8-10)14-5-3-4-13(15)12(14)9-16/h3-5,10-11H,6-8H2,1-2H3. The summed E-state index contributed by atoms with van der Waals surface area (Å²) in [4.78, 5) is 2.36. The molecule has 0 N–H and O–H groups in total. The minimum atomic E-state index is 0.514. The van der Waals surface area contributed by atoms with Gasteiger partial charge in [0.1, 0.15) is 6.07 Å². The molecule has 1 aromatic carbocycles. The summed E-state index contributed by atoms with van der Waals surface area (Å²) in [5.74, 6) is 0.791. The molecule has 3 heteroatoms. The van der Waals surface area contributed by atoms with Gasteiger partial charge in [0.25, 0.3) is 0 Å². The van der Waals surface area contributed by atoms with Crippen LogP contribution in [0.15, 0.2) is 22.7 Å². The maximum absolute atomic E-state index is 9.26. The van der Waals surface area contributed by atoms with E-state index in [1.165, 1.54) is 12.8 Å². The summed E-state index contributed by atoms with van der Waals surface area (Å²) in [5.41, 5.74) is 1.83. The number of rotatable bonds is 1. The minimum absolute atomic E-state index is 0.514. The zero-order valence-electron chi connectivity index (χ0n) is 10.3. The molecule has 0 aromatic heterocycles. The molecule has 0 radical (unpaired) electrons. The van der Waals surface area contributed by atoms with Crippen LogP contribution in [0.4, 0.5) is 5.69 Å². The molecular formula is C14H17BrN2. The van der Waals surface area contributed by atoms with Crippen molar-refractivity contribution in [2.24, 2.45) is 5.92 Å². The molecule has 0 amide bonds. The van der Waals surface area contributed by atoms with Crippen LogP contribution in [-0.2, 0) is 0 Å². The largest absolute Gasteiger partial charge is 0.368 e. The number of hydrogen-bond donors (Lipinski definition) is 0. The van der Waals surface area contributed by atoms with Crippen LogP contribution in [0.5, 0.6) is 0 Å². The Morgan fingerprint density at radius 1 is 1.41 bits per heavy atom. The highest BCUT2D eigenvalue weighted by Crippen LogP contribution is 2.32. The van der Waals surface area contributed by atoms with Gasteiger partial charge in [-0.05, 0) is 53.7 Å². The summed E-state index contributed by atoms with van der Waals surface area (Å²) in [6.45, 7) is 5.60. The molecule has 2 atom stereocenters. The number of nitriles is 1. The lowest BCUT2D eigenvalue weighted by Crippen LogP contribution is -2.40. The van der Waals surface area contributed by atoms with Gasteiger partial charge in [-0.15, -0.1) is 0 Å². The number of nitrogens with zero attached hydrogens (tertiary/aromatic N) is 2. The predicted molar refractivity (Wildman–Crippen MR) is 74.1 cm³/mol. The van der Waals surface area contributed by atoms with Gasteiger partial charge in [-0.25, -0.2) is 0 Å². The van der Waals surface area contributed by atoms with E-state index in [0.29, 0.717) is 6.04 Å². The highest BCUT2D eigenvalue weighted by molar-refractivity contribution is 9.10. The number of anilines is 1. The van der Waals surface area contributed by atoms with Crippen LogP contribution in [0, 0.1) is 17.2 Å². The van der Waals surface area contributed by atoms with Crippen molar-refractivity contribution in [1.29, 1.82) is 5.26 Å². The molecule has 1 aliphatic heterocycles. The van der Waals surface area contributed by atoms with Crippen molar-refractivity contribution in [3.63, 3.8) is 0 Å². The molecule has 0 bridgehead atoms. The first-order chi connectivity index (χ1) is 8.13. The smallest absolute Gasteiger partial charge is 0.103 e. The first kappa shape index (κ1) is 12.4. The molecule has 2 nitrogen and oxygen atoms in total. The Hall–Kier alpha value is -1.01. The Morgan fingerprint density at radius 3 is 2.82 bits per heavy atom. The van der Waals surface area contributed by atoms with Crippen LogP contribution in [-0.4, -0.2) is 12.6 Å². The van der Waals surface area contributed by atoms with Crippen molar-refractivity contribution in [3.05, 3.63) is 28.2 Å². The molecule has 17 heavy (non-hydrogen) atoms.